The number of carbonyl (C=O) groups excluding carboxylic acids is 1. The van der Waals surface area contributed by atoms with E-state index >= 15 is 0 Å². The number of amides is 1. The second kappa shape index (κ2) is 9.68. The van der Waals surface area contributed by atoms with Crippen molar-refractivity contribution in [2.45, 2.75) is 45.7 Å². The van der Waals surface area contributed by atoms with Crippen molar-refractivity contribution in [1.82, 2.24) is 5.32 Å². The average Bonchev–Trinajstić information content (AvgIpc) is 2.75. The number of piperidine rings is 1. The lowest BCUT2D eigenvalue weighted by Gasteiger charge is -2.34. The maximum absolute atomic E-state index is 12.7. The highest BCUT2D eigenvalue weighted by Gasteiger charge is 2.21. The SMILES string of the molecule is CCN(c1ccc(C(=O)NC2CCN(c3ccc(OC)cc3)CC2)cc1)C(C)C. The summed E-state index contributed by atoms with van der Waals surface area (Å²) in [5.74, 6) is 0.893. The molecule has 0 aliphatic carbocycles. The fourth-order valence-corrected chi connectivity index (χ4v) is 3.99. The van der Waals surface area contributed by atoms with E-state index < -0.39 is 0 Å². The van der Waals surface area contributed by atoms with Crippen molar-refractivity contribution < 1.29 is 9.53 Å². The number of ether oxygens (including phenoxy) is 1. The zero-order valence-electron chi connectivity index (χ0n) is 18.0. The Hall–Kier alpha value is -2.69. The Morgan fingerprint density at radius 2 is 1.72 bits per heavy atom. The van der Waals surface area contributed by atoms with Crippen LogP contribution in [0, 0.1) is 0 Å². The molecule has 0 aromatic heterocycles. The van der Waals surface area contributed by atoms with Crippen LogP contribution in [0.5, 0.6) is 5.75 Å². The number of hydrogen-bond acceptors (Lipinski definition) is 4. The number of benzene rings is 2. The molecule has 1 saturated heterocycles. The molecule has 1 aliphatic heterocycles. The highest BCUT2D eigenvalue weighted by Crippen LogP contribution is 2.23. The summed E-state index contributed by atoms with van der Waals surface area (Å²) in [4.78, 5) is 17.3. The van der Waals surface area contributed by atoms with E-state index in [-0.39, 0.29) is 11.9 Å². The van der Waals surface area contributed by atoms with Crippen molar-refractivity contribution in [2.75, 3.05) is 36.5 Å². The zero-order chi connectivity index (χ0) is 20.8. The molecular formula is C24H33N3O2. The van der Waals surface area contributed by atoms with E-state index in [4.69, 9.17) is 4.74 Å². The molecule has 2 aromatic rings. The van der Waals surface area contributed by atoms with Gasteiger partial charge in [0, 0.05) is 48.7 Å². The molecule has 1 aliphatic rings. The largest absolute Gasteiger partial charge is 0.497 e. The highest BCUT2D eigenvalue weighted by atomic mass is 16.5. The maximum atomic E-state index is 12.7. The Balaban J connectivity index is 1.52. The van der Waals surface area contributed by atoms with Crippen LogP contribution in [0.25, 0.3) is 0 Å². The first-order valence-corrected chi connectivity index (χ1v) is 10.6. The summed E-state index contributed by atoms with van der Waals surface area (Å²) in [6, 6.07) is 16.8. The Bertz CT molecular complexity index is 779. The molecular weight excluding hydrogens is 362 g/mol. The van der Waals surface area contributed by atoms with Crippen LogP contribution in [-0.4, -0.2) is 44.7 Å². The number of methoxy groups -OCH3 is 1. The summed E-state index contributed by atoms with van der Waals surface area (Å²) in [5.41, 5.74) is 3.09. The molecule has 0 unspecified atom stereocenters. The first kappa shape index (κ1) is 21.0. The topological polar surface area (TPSA) is 44.8 Å². The molecule has 1 heterocycles. The average molecular weight is 396 g/mol. The van der Waals surface area contributed by atoms with E-state index in [0.29, 0.717) is 6.04 Å². The second-order valence-electron chi connectivity index (χ2n) is 7.86. The van der Waals surface area contributed by atoms with Gasteiger partial charge < -0.3 is 19.9 Å². The van der Waals surface area contributed by atoms with Gasteiger partial charge in [0.2, 0.25) is 0 Å². The Morgan fingerprint density at radius 3 is 2.24 bits per heavy atom. The van der Waals surface area contributed by atoms with Gasteiger partial charge >= 0.3 is 0 Å². The van der Waals surface area contributed by atoms with Crippen LogP contribution in [0.4, 0.5) is 11.4 Å². The molecule has 156 valence electrons. The quantitative estimate of drug-likeness (QED) is 0.758. The molecule has 5 nitrogen and oxygen atoms in total. The van der Waals surface area contributed by atoms with Gasteiger partial charge in [-0.05, 0) is 82.1 Å². The van der Waals surface area contributed by atoms with Crippen molar-refractivity contribution in [3.05, 3.63) is 54.1 Å². The predicted octanol–water partition coefficient (Wildman–Crippen LogP) is 4.33. The molecule has 1 fully saturated rings. The molecule has 0 radical (unpaired) electrons. The maximum Gasteiger partial charge on any atom is 0.251 e. The van der Waals surface area contributed by atoms with Crippen LogP contribution in [0.2, 0.25) is 0 Å². The van der Waals surface area contributed by atoms with Gasteiger partial charge in [-0.2, -0.15) is 0 Å². The van der Waals surface area contributed by atoms with Crippen molar-refractivity contribution in [2.24, 2.45) is 0 Å². The van der Waals surface area contributed by atoms with E-state index in [1.54, 1.807) is 7.11 Å². The third-order valence-corrected chi connectivity index (χ3v) is 5.69. The predicted molar refractivity (Wildman–Crippen MR) is 120 cm³/mol. The molecule has 3 rings (SSSR count). The van der Waals surface area contributed by atoms with Gasteiger partial charge in [-0.1, -0.05) is 0 Å². The minimum Gasteiger partial charge on any atom is -0.497 e. The fourth-order valence-electron chi connectivity index (χ4n) is 3.99. The molecule has 0 atom stereocenters. The minimum absolute atomic E-state index is 0.0204. The lowest BCUT2D eigenvalue weighted by atomic mass is 10.0. The van der Waals surface area contributed by atoms with Gasteiger partial charge in [0.15, 0.2) is 0 Å². The summed E-state index contributed by atoms with van der Waals surface area (Å²) in [6.07, 6.45) is 1.90. The van der Waals surface area contributed by atoms with Gasteiger partial charge in [0.1, 0.15) is 5.75 Å². The lowest BCUT2D eigenvalue weighted by molar-refractivity contribution is 0.0931. The molecule has 29 heavy (non-hydrogen) atoms. The summed E-state index contributed by atoms with van der Waals surface area (Å²) in [6.45, 7) is 9.35. The Labute approximate surface area is 174 Å². The van der Waals surface area contributed by atoms with Crippen molar-refractivity contribution in [3.8, 4) is 5.75 Å². The zero-order valence-corrected chi connectivity index (χ0v) is 18.0. The third-order valence-electron chi connectivity index (χ3n) is 5.69. The van der Waals surface area contributed by atoms with Crippen LogP contribution < -0.4 is 19.9 Å². The molecule has 1 N–H and O–H groups in total. The standard InChI is InChI=1S/C24H33N3O2/c1-5-27(18(2)3)22-8-6-19(7-9-22)24(28)25-20-14-16-26(17-15-20)21-10-12-23(29-4)13-11-21/h6-13,18,20H,5,14-17H2,1-4H3,(H,25,28). The van der Waals surface area contributed by atoms with Crippen LogP contribution >= 0.6 is 0 Å². The molecule has 0 spiro atoms. The van der Waals surface area contributed by atoms with Crippen LogP contribution in [-0.2, 0) is 0 Å². The number of nitrogens with zero attached hydrogens (tertiary/aromatic N) is 2. The molecule has 2 aromatic carbocycles. The van der Waals surface area contributed by atoms with E-state index in [1.165, 1.54) is 5.69 Å². The first-order valence-electron chi connectivity index (χ1n) is 10.6. The minimum atomic E-state index is 0.0204. The van der Waals surface area contributed by atoms with Gasteiger partial charge in [-0.3, -0.25) is 4.79 Å². The lowest BCUT2D eigenvalue weighted by Crippen LogP contribution is -2.44. The van der Waals surface area contributed by atoms with Gasteiger partial charge in [0.25, 0.3) is 5.91 Å². The number of rotatable bonds is 7. The summed E-state index contributed by atoms with van der Waals surface area (Å²) >= 11 is 0. The molecule has 1 amide bonds. The van der Waals surface area contributed by atoms with Crippen LogP contribution in [0.3, 0.4) is 0 Å². The van der Waals surface area contributed by atoms with Crippen LogP contribution in [0.1, 0.15) is 44.0 Å². The normalized spacial score (nSPS) is 14.7. The summed E-state index contributed by atoms with van der Waals surface area (Å²) in [7, 11) is 1.68. The van der Waals surface area contributed by atoms with E-state index in [1.807, 2.05) is 36.4 Å². The van der Waals surface area contributed by atoms with Gasteiger partial charge in [-0.25, -0.2) is 0 Å². The molecule has 0 saturated carbocycles. The van der Waals surface area contributed by atoms with Crippen molar-refractivity contribution in [3.63, 3.8) is 0 Å². The van der Waals surface area contributed by atoms with Gasteiger partial charge in [-0.15, -0.1) is 0 Å². The number of anilines is 2. The van der Waals surface area contributed by atoms with Crippen molar-refractivity contribution in [1.29, 1.82) is 0 Å². The Kier molecular flexibility index (Phi) is 7.02. The van der Waals surface area contributed by atoms with E-state index in [0.717, 1.165) is 49.5 Å². The summed E-state index contributed by atoms with van der Waals surface area (Å²) < 4.78 is 5.23. The first-order chi connectivity index (χ1) is 14.0. The molecule has 0 bridgehead atoms. The van der Waals surface area contributed by atoms with E-state index in [9.17, 15) is 4.79 Å². The molecule has 5 heteroatoms. The van der Waals surface area contributed by atoms with E-state index in [2.05, 4.69) is 48.0 Å². The second-order valence-corrected chi connectivity index (χ2v) is 7.86. The third kappa shape index (κ3) is 5.22. The fraction of sp³-hybridized carbons (Fsp3) is 0.458. The van der Waals surface area contributed by atoms with Crippen molar-refractivity contribution >= 4 is 17.3 Å². The smallest absolute Gasteiger partial charge is 0.251 e. The van der Waals surface area contributed by atoms with Crippen LogP contribution in [0.15, 0.2) is 48.5 Å². The summed E-state index contributed by atoms with van der Waals surface area (Å²) in [5, 5.41) is 3.21. The number of nitrogens with one attached hydrogen (secondary N) is 1. The highest BCUT2D eigenvalue weighted by molar-refractivity contribution is 5.94. The monoisotopic (exact) mass is 395 g/mol. The Morgan fingerprint density at radius 1 is 1.10 bits per heavy atom. The number of hydrogen-bond donors (Lipinski definition) is 1. The van der Waals surface area contributed by atoms with Gasteiger partial charge in [0.05, 0.1) is 7.11 Å². The number of carbonyl (C=O) groups is 1.